The molecule has 1 heteroatoms. The number of anilines is 1. The van der Waals surface area contributed by atoms with Gasteiger partial charge in [-0.3, -0.25) is 0 Å². The first-order valence-electron chi connectivity index (χ1n) is 5.64. The van der Waals surface area contributed by atoms with Crippen LogP contribution in [0.2, 0.25) is 0 Å². The van der Waals surface area contributed by atoms with Crippen molar-refractivity contribution >= 4 is 16.5 Å². The third kappa shape index (κ3) is 1.39. The zero-order chi connectivity index (χ0) is 10.3. The third-order valence-corrected chi connectivity index (χ3v) is 3.38. The van der Waals surface area contributed by atoms with Crippen molar-refractivity contribution < 1.29 is 0 Å². The van der Waals surface area contributed by atoms with Crippen molar-refractivity contribution in [3.05, 3.63) is 41.5 Å². The fourth-order valence-electron chi connectivity index (χ4n) is 2.60. The summed E-state index contributed by atoms with van der Waals surface area (Å²) < 4.78 is 0. The molecule has 0 fully saturated rings. The van der Waals surface area contributed by atoms with E-state index in [4.69, 9.17) is 5.73 Å². The quantitative estimate of drug-likeness (QED) is 0.644. The second kappa shape index (κ2) is 3.27. The SMILES string of the molecule is Nc1ccc2c3c(ccc2c1)CCCC3. The minimum absolute atomic E-state index is 0.859. The summed E-state index contributed by atoms with van der Waals surface area (Å²) in [5, 5.41) is 2.69. The molecule has 0 bridgehead atoms. The summed E-state index contributed by atoms with van der Waals surface area (Å²) in [7, 11) is 0. The van der Waals surface area contributed by atoms with Crippen LogP contribution in [0.1, 0.15) is 24.0 Å². The van der Waals surface area contributed by atoms with Gasteiger partial charge in [0.05, 0.1) is 0 Å². The van der Waals surface area contributed by atoms with Crippen LogP contribution >= 0.6 is 0 Å². The fourth-order valence-corrected chi connectivity index (χ4v) is 2.60. The van der Waals surface area contributed by atoms with Gasteiger partial charge in [0.1, 0.15) is 0 Å². The van der Waals surface area contributed by atoms with Crippen LogP contribution < -0.4 is 5.73 Å². The predicted octanol–water partition coefficient (Wildman–Crippen LogP) is 3.30. The lowest BCUT2D eigenvalue weighted by Crippen LogP contribution is -2.03. The molecule has 1 nitrogen and oxygen atoms in total. The molecular weight excluding hydrogens is 182 g/mol. The summed E-state index contributed by atoms with van der Waals surface area (Å²) in [6.45, 7) is 0. The molecule has 1 aliphatic carbocycles. The van der Waals surface area contributed by atoms with E-state index >= 15 is 0 Å². The Labute approximate surface area is 89.9 Å². The molecule has 0 saturated carbocycles. The molecule has 0 atom stereocenters. The van der Waals surface area contributed by atoms with Gasteiger partial charge in [-0.25, -0.2) is 0 Å². The van der Waals surface area contributed by atoms with Gasteiger partial charge < -0.3 is 5.73 Å². The average Bonchev–Trinajstić information content (AvgIpc) is 2.28. The van der Waals surface area contributed by atoms with E-state index in [2.05, 4.69) is 24.3 Å². The van der Waals surface area contributed by atoms with Crippen molar-refractivity contribution in [2.45, 2.75) is 25.7 Å². The molecule has 0 saturated heterocycles. The van der Waals surface area contributed by atoms with Gasteiger partial charge in [-0.15, -0.1) is 0 Å². The third-order valence-electron chi connectivity index (χ3n) is 3.38. The zero-order valence-electron chi connectivity index (χ0n) is 8.79. The Kier molecular flexibility index (Phi) is 1.91. The summed E-state index contributed by atoms with van der Waals surface area (Å²) >= 11 is 0. The van der Waals surface area contributed by atoms with Gasteiger partial charge in [0.2, 0.25) is 0 Å². The van der Waals surface area contributed by atoms with Crippen LogP contribution in [0.5, 0.6) is 0 Å². The lowest BCUT2D eigenvalue weighted by Gasteiger charge is -2.17. The Hall–Kier alpha value is -1.50. The molecule has 0 aliphatic heterocycles. The van der Waals surface area contributed by atoms with Crippen LogP contribution in [0, 0.1) is 0 Å². The van der Waals surface area contributed by atoms with Gasteiger partial charge in [-0.1, -0.05) is 18.2 Å². The lowest BCUT2D eigenvalue weighted by molar-refractivity contribution is 0.690. The highest BCUT2D eigenvalue weighted by Crippen LogP contribution is 2.29. The number of hydrogen-bond donors (Lipinski definition) is 1. The van der Waals surface area contributed by atoms with Crippen LogP contribution in [0.15, 0.2) is 30.3 Å². The topological polar surface area (TPSA) is 26.0 Å². The van der Waals surface area contributed by atoms with E-state index in [0.717, 1.165) is 5.69 Å². The van der Waals surface area contributed by atoms with Crippen LogP contribution in [0.4, 0.5) is 5.69 Å². The molecule has 2 aromatic carbocycles. The molecule has 0 amide bonds. The van der Waals surface area contributed by atoms with Gasteiger partial charge in [-0.05, 0) is 59.7 Å². The van der Waals surface area contributed by atoms with Gasteiger partial charge in [0, 0.05) is 5.69 Å². The first-order valence-corrected chi connectivity index (χ1v) is 5.64. The molecule has 0 aromatic heterocycles. The van der Waals surface area contributed by atoms with Crippen molar-refractivity contribution in [3.8, 4) is 0 Å². The minimum atomic E-state index is 0.859. The van der Waals surface area contributed by atoms with E-state index < -0.39 is 0 Å². The fraction of sp³-hybridized carbons (Fsp3) is 0.286. The summed E-state index contributed by atoms with van der Waals surface area (Å²) in [5.41, 5.74) is 9.75. The highest BCUT2D eigenvalue weighted by Gasteiger charge is 2.11. The maximum Gasteiger partial charge on any atom is 0.0320 e. The smallest absolute Gasteiger partial charge is 0.0320 e. The van der Waals surface area contributed by atoms with Gasteiger partial charge >= 0.3 is 0 Å². The maximum atomic E-state index is 5.80. The van der Waals surface area contributed by atoms with Gasteiger partial charge in [0.15, 0.2) is 0 Å². The lowest BCUT2D eigenvalue weighted by atomic mass is 9.88. The van der Waals surface area contributed by atoms with Crippen molar-refractivity contribution in [1.29, 1.82) is 0 Å². The van der Waals surface area contributed by atoms with Gasteiger partial charge in [-0.2, -0.15) is 0 Å². The Morgan fingerprint density at radius 2 is 1.80 bits per heavy atom. The Morgan fingerprint density at radius 1 is 0.933 bits per heavy atom. The molecule has 1 aliphatic rings. The van der Waals surface area contributed by atoms with Gasteiger partial charge in [0.25, 0.3) is 0 Å². The largest absolute Gasteiger partial charge is 0.399 e. The number of benzene rings is 2. The van der Waals surface area contributed by atoms with E-state index in [1.807, 2.05) is 6.07 Å². The van der Waals surface area contributed by atoms with Crippen molar-refractivity contribution in [2.24, 2.45) is 0 Å². The monoisotopic (exact) mass is 197 g/mol. The molecule has 3 rings (SSSR count). The normalized spacial score (nSPS) is 15.2. The highest BCUT2D eigenvalue weighted by molar-refractivity contribution is 5.89. The molecule has 0 heterocycles. The predicted molar refractivity (Wildman–Crippen MR) is 65.0 cm³/mol. The number of rotatable bonds is 0. The number of hydrogen-bond acceptors (Lipinski definition) is 1. The second-order valence-electron chi connectivity index (χ2n) is 4.39. The first kappa shape index (κ1) is 8.78. The van der Waals surface area contributed by atoms with E-state index in [9.17, 15) is 0 Å². The Balaban J connectivity index is 2.32. The molecule has 15 heavy (non-hydrogen) atoms. The minimum Gasteiger partial charge on any atom is -0.399 e. The highest BCUT2D eigenvalue weighted by atomic mass is 14.5. The summed E-state index contributed by atoms with van der Waals surface area (Å²) in [4.78, 5) is 0. The number of nitrogens with two attached hydrogens (primary N) is 1. The van der Waals surface area contributed by atoms with Crippen LogP contribution in [0.25, 0.3) is 10.8 Å². The number of aryl methyl sites for hydroxylation is 2. The van der Waals surface area contributed by atoms with E-state index in [0.29, 0.717) is 0 Å². The molecule has 0 radical (unpaired) electrons. The van der Waals surface area contributed by atoms with E-state index in [1.165, 1.54) is 36.5 Å². The van der Waals surface area contributed by atoms with Crippen LogP contribution in [0.3, 0.4) is 0 Å². The number of nitrogen functional groups attached to an aromatic ring is 1. The molecular formula is C14H15N. The summed E-state index contributed by atoms with van der Waals surface area (Å²) in [5.74, 6) is 0. The summed E-state index contributed by atoms with van der Waals surface area (Å²) in [6.07, 6.45) is 5.15. The van der Waals surface area contributed by atoms with Crippen LogP contribution in [-0.2, 0) is 12.8 Å². The maximum absolute atomic E-state index is 5.80. The second-order valence-corrected chi connectivity index (χ2v) is 4.39. The van der Waals surface area contributed by atoms with E-state index in [1.54, 1.807) is 11.1 Å². The van der Waals surface area contributed by atoms with Crippen molar-refractivity contribution in [1.82, 2.24) is 0 Å². The van der Waals surface area contributed by atoms with Crippen molar-refractivity contribution in [3.63, 3.8) is 0 Å². The standard InChI is InChI=1S/C14H15N/c15-12-7-8-14-11(9-12)6-5-10-3-1-2-4-13(10)14/h5-9H,1-4,15H2. The van der Waals surface area contributed by atoms with E-state index in [-0.39, 0.29) is 0 Å². The van der Waals surface area contributed by atoms with Crippen LogP contribution in [-0.4, -0.2) is 0 Å². The molecule has 76 valence electrons. The number of fused-ring (bicyclic) bond motifs is 3. The molecule has 0 spiro atoms. The summed E-state index contributed by atoms with van der Waals surface area (Å²) in [6, 6.07) is 10.7. The zero-order valence-corrected chi connectivity index (χ0v) is 8.79. The average molecular weight is 197 g/mol. The Morgan fingerprint density at radius 3 is 2.73 bits per heavy atom. The first-order chi connectivity index (χ1) is 7.34. The van der Waals surface area contributed by atoms with Crippen molar-refractivity contribution in [2.75, 3.05) is 5.73 Å². The molecule has 2 N–H and O–H groups in total. The molecule has 2 aromatic rings. The molecule has 0 unspecified atom stereocenters. The Bertz CT molecular complexity index is 514.